The van der Waals surface area contributed by atoms with Crippen LogP contribution in [0.1, 0.15) is 15.2 Å². The van der Waals surface area contributed by atoms with Gasteiger partial charge in [0, 0.05) is 6.07 Å². The van der Waals surface area contributed by atoms with Crippen molar-refractivity contribution in [3.05, 3.63) is 21.9 Å². The van der Waals surface area contributed by atoms with E-state index in [1.54, 1.807) is 6.07 Å². The van der Waals surface area contributed by atoms with Crippen LogP contribution < -0.4 is 5.73 Å². The third-order valence-corrected chi connectivity index (χ3v) is 3.43. The molecule has 0 aliphatic heterocycles. The standard InChI is InChI=1S/C8H9NO2S2/c1-11-8(10)6-3-5(7(9)12)4-13(6)2/h3-4H,1-2H3,(H-,9,12)/p+1. The van der Waals surface area contributed by atoms with Gasteiger partial charge < -0.3 is 10.5 Å². The van der Waals surface area contributed by atoms with Crippen LogP contribution in [0.3, 0.4) is 0 Å². The molecule has 1 unspecified atom stereocenters. The van der Waals surface area contributed by atoms with Crippen LogP contribution >= 0.6 is 22.7 Å². The van der Waals surface area contributed by atoms with E-state index in [0.29, 0.717) is 9.87 Å². The van der Waals surface area contributed by atoms with Gasteiger partial charge in [-0.15, -0.1) is 0 Å². The Kier molecular flexibility index (Phi) is 3.00. The molecular weight excluding hydrogens is 206 g/mol. The van der Waals surface area contributed by atoms with Crippen molar-refractivity contribution in [3.63, 3.8) is 0 Å². The third kappa shape index (κ3) is 2.05. The van der Waals surface area contributed by atoms with Crippen LogP contribution in [0.4, 0.5) is 0 Å². The third-order valence-electron chi connectivity index (χ3n) is 1.61. The van der Waals surface area contributed by atoms with Crippen molar-refractivity contribution in [2.45, 2.75) is 0 Å². The lowest BCUT2D eigenvalue weighted by Gasteiger charge is -1.89. The summed E-state index contributed by atoms with van der Waals surface area (Å²) in [5.41, 5.74) is 6.19. The number of ether oxygens (including phenoxy) is 1. The molecule has 0 aromatic carbocycles. The maximum absolute atomic E-state index is 11.2. The summed E-state index contributed by atoms with van der Waals surface area (Å²) in [6, 6.07) is 1.69. The van der Waals surface area contributed by atoms with Crippen molar-refractivity contribution in [2.24, 2.45) is 12.0 Å². The van der Waals surface area contributed by atoms with E-state index in [1.165, 1.54) is 7.11 Å². The van der Waals surface area contributed by atoms with E-state index in [1.807, 2.05) is 11.6 Å². The number of hydrogen-bond acceptors (Lipinski definition) is 3. The largest absolute Gasteiger partial charge is 0.462 e. The summed E-state index contributed by atoms with van der Waals surface area (Å²) in [4.78, 5) is 12.1. The first-order valence-corrected chi connectivity index (χ1v) is 5.63. The molecule has 0 fully saturated rings. The van der Waals surface area contributed by atoms with Crippen LogP contribution in [0, 0.1) is 0 Å². The highest BCUT2D eigenvalue weighted by atomic mass is 32.2. The number of aryl methyl sites for hydroxylation is 1. The van der Waals surface area contributed by atoms with Crippen molar-refractivity contribution in [1.29, 1.82) is 0 Å². The summed E-state index contributed by atoms with van der Waals surface area (Å²) in [6.07, 6.45) is 1.92. The molecule has 3 nitrogen and oxygen atoms in total. The molecule has 1 aromatic heterocycles. The quantitative estimate of drug-likeness (QED) is 0.461. The number of esters is 1. The fourth-order valence-electron chi connectivity index (χ4n) is 0.942. The van der Waals surface area contributed by atoms with Gasteiger partial charge >= 0.3 is 5.97 Å². The van der Waals surface area contributed by atoms with Gasteiger partial charge in [-0.2, -0.15) is 0 Å². The summed E-state index contributed by atoms with van der Waals surface area (Å²) in [6.45, 7) is 0. The van der Waals surface area contributed by atoms with Crippen LogP contribution in [0.5, 0.6) is 0 Å². The smallest absolute Gasteiger partial charge is 0.391 e. The number of carbonyl (C=O) groups is 1. The number of carbonyl (C=O) groups excluding carboxylic acids is 1. The van der Waals surface area contributed by atoms with E-state index in [9.17, 15) is 4.79 Å². The maximum Gasteiger partial charge on any atom is 0.391 e. The van der Waals surface area contributed by atoms with Crippen LogP contribution in [0.25, 0.3) is 0 Å². The molecule has 0 radical (unpaired) electrons. The Labute approximate surface area is 84.5 Å². The van der Waals surface area contributed by atoms with Crippen LogP contribution in [0.2, 0.25) is 0 Å². The zero-order valence-electron chi connectivity index (χ0n) is 7.37. The van der Waals surface area contributed by atoms with Crippen LogP contribution in [-0.2, 0) is 11.0 Å². The van der Waals surface area contributed by atoms with Gasteiger partial charge in [-0.25, -0.2) is 4.79 Å². The second-order valence-corrected chi connectivity index (χ2v) is 4.73. The Morgan fingerprint density at radius 2 is 2.31 bits per heavy atom. The predicted octanol–water partition coefficient (Wildman–Crippen LogP) is 1.39. The zero-order chi connectivity index (χ0) is 10.0. The minimum atomic E-state index is -0.312. The van der Waals surface area contributed by atoms with Crippen molar-refractivity contribution in [2.75, 3.05) is 7.11 Å². The summed E-state index contributed by atoms with van der Waals surface area (Å²) >= 11 is 4.80. The van der Waals surface area contributed by atoms with Crippen molar-refractivity contribution < 1.29 is 9.53 Å². The van der Waals surface area contributed by atoms with E-state index in [4.69, 9.17) is 18.0 Å². The first-order chi connectivity index (χ1) is 6.06. The van der Waals surface area contributed by atoms with Crippen molar-refractivity contribution in [3.8, 4) is 0 Å². The Hall–Kier alpha value is -0.940. The molecule has 0 spiro atoms. The van der Waals surface area contributed by atoms with E-state index in [0.717, 1.165) is 5.56 Å². The van der Waals surface area contributed by atoms with E-state index >= 15 is 0 Å². The summed E-state index contributed by atoms with van der Waals surface area (Å²) in [5.74, 6) is -0.312. The van der Waals surface area contributed by atoms with Crippen LogP contribution in [-0.4, -0.2) is 18.1 Å². The van der Waals surface area contributed by atoms with Crippen molar-refractivity contribution >= 4 is 33.6 Å². The first-order valence-electron chi connectivity index (χ1n) is 3.52. The fraction of sp³-hybridized carbons (Fsp3) is 0.250. The first kappa shape index (κ1) is 10.1. The lowest BCUT2D eigenvalue weighted by Crippen LogP contribution is -2.07. The predicted molar refractivity (Wildman–Crippen MR) is 57.1 cm³/mol. The van der Waals surface area contributed by atoms with E-state index in [2.05, 4.69) is 4.74 Å². The van der Waals surface area contributed by atoms with Gasteiger partial charge in [0.2, 0.25) is 0 Å². The molecule has 1 atom stereocenters. The molecule has 2 N–H and O–H groups in total. The monoisotopic (exact) mass is 216 g/mol. The number of methoxy groups -OCH3 is 1. The SMILES string of the molecule is COC(=O)c1cc(C(N)=S)c[s+]1C. The Bertz CT molecular complexity index is 357. The second kappa shape index (κ2) is 3.85. The normalized spacial score (nSPS) is 11.1. The average Bonchev–Trinajstić information content (AvgIpc) is 2.46. The molecular formula is C8H10NO2S2+. The molecule has 70 valence electrons. The highest BCUT2D eigenvalue weighted by Crippen LogP contribution is 2.25. The van der Waals surface area contributed by atoms with Gasteiger partial charge in [0.05, 0.1) is 12.7 Å². The van der Waals surface area contributed by atoms with Crippen molar-refractivity contribution in [1.82, 2.24) is 0 Å². The number of thiocarbonyl (C=S) groups is 1. The molecule has 0 aliphatic carbocycles. The second-order valence-electron chi connectivity index (χ2n) is 2.50. The molecule has 0 saturated heterocycles. The summed E-state index contributed by atoms with van der Waals surface area (Å²) in [7, 11) is 1.13. The molecule has 5 heteroatoms. The molecule has 0 bridgehead atoms. The molecule has 0 amide bonds. The molecule has 1 rings (SSSR count). The van der Waals surface area contributed by atoms with Crippen LogP contribution in [0.15, 0.2) is 11.4 Å². The topological polar surface area (TPSA) is 52.3 Å². The van der Waals surface area contributed by atoms with Gasteiger partial charge in [0.25, 0.3) is 4.88 Å². The summed E-state index contributed by atoms with van der Waals surface area (Å²) < 4.78 is 4.61. The number of nitrogens with two attached hydrogens (primary N) is 1. The highest BCUT2D eigenvalue weighted by molar-refractivity contribution is 7.80. The molecule has 13 heavy (non-hydrogen) atoms. The Morgan fingerprint density at radius 3 is 2.69 bits per heavy atom. The van der Waals surface area contributed by atoms with Gasteiger partial charge in [-0.3, -0.25) is 0 Å². The Morgan fingerprint density at radius 1 is 1.69 bits per heavy atom. The fourth-order valence-corrected chi connectivity index (χ4v) is 2.50. The minimum Gasteiger partial charge on any atom is -0.462 e. The zero-order valence-corrected chi connectivity index (χ0v) is 9.00. The average molecular weight is 216 g/mol. The molecule has 1 aromatic rings. The minimum absolute atomic E-state index is 0.234. The van der Waals surface area contributed by atoms with E-state index < -0.39 is 0 Å². The summed E-state index contributed by atoms with van der Waals surface area (Å²) in [5, 5.41) is 1.88. The van der Waals surface area contributed by atoms with Gasteiger partial charge in [0.1, 0.15) is 16.6 Å². The lowest BCUT2D eigenvalue weighted by molar-refractivity contribution is 0.0606. The maximum atomic E-state index is 11.2. The lowest BCUT2D eigenvalue weighted by atomic mass is 10.3. The van der Waals surface area contributed by atoms with Gasteiger partial charge in [-0.1, -0.05) is 12.2 Å². The number of thiophene rings is 1. The van der Waals surface area contributed by atoms with E-state index in [-0.39, 0.29) is 16.4 Å². The van der Waals surface area contributed by atoms with Gasteiger partial charge in [0.15, 0.2) is 0 Å². The number of hydrogen-bond donors (Lipinski definition) is 1. The highest BCUT2D eigenvalue weighted by Gasteiger charge is 2.22. The molecule has 0 aliphatic rings. The molecule has 0 saturated carbocycles. The molecule has 1 heterocycles. The number of rotatable bonds is 2. The Balaban J connectivity index is 3.10. The van der Waals surface area contributed by atoms with Gasteiger partial charge in [-0.05, 0) is 10.5 Å².